The van der Waals surface area contributed by atoms with Gasteiger partial charge in [-0.15, -0.1) is 6.58 Å². The third-order valence-corrected chi connectivity index (χ3v) is 7.43. The number of aryl methyl sites for hydroxylation is 1. The van der Waals surface area contributed by atoms with Crippen molar-refractivity contribution in [2.24, 2.45) is 0 Å². The number of nitrogens with zero attached hydrogens (tertiary/aromatic N) is 3. The molecule has 0 spiro atoms. The van der Waals surface area contributed by atoms with Crippen LogP contribution in [0.25, 0.3) is 0 Å². The highest BCUT2D eigenvalue weighted by atomic mass is 16.5. The van der Waals surface area contributed by atoms with Gasteiger partial charge in [0.05, 0.1) is 12.3 Å². The van der Waals surface area contributed by atoms with E-state index in [2.05, 4.69) is 42.7 Å². The zero-order valence-corrected chi connectivity index (χ0v) is 22.1. The standard InChI is InChI=1S/C31H35N3O4/c1-4-13-32-15-17-33(18-16-32)30(35)23(3)38-26-11-10-24-12-14-34(31(36)28-9-6-19-37-28)29(27(24)21-26)25-8-5-7-22(2)20-25/h4-11,19-21,23,29H,1,12-18H2,2-3H3/t23-,29+/m0/s1. The van der Waals surface area contributed by atoms with E-state index in [0.29, 0.717) is 31.1 Å². The van der Waals surface area contributed by atoms with Gasteiger partial charge in [0.2, 0.25) is 0 Å². The minimum Gasteiger partial charge on any atom is -0.481 e. The highest BCUT2D eigenvalue weighted by Gasteiger charge is 2.34. The molecule has 38 heavy (non-hydrogen) atoms. The van der Waals surface area contributed by atoms with Crippen molar-refractivity contribution in [2.75, 3.05) is 39.3 Å². The Morgan fingerprint density at radius 2 is 1.89 bits per heavy atom. The second-order valence-electron chi connectivity index (χ2n) is 10.1. The van der Waals surface area contributed by atoms with Crippen LogP contribution in [0.3, 0.4) is 0 Å². The van der Waals surface area contributed by atoms with Crippen molar-refractivity contribution in [3.63, 3.8) is 0 Å². The number of amides is 2. The number of ether oxygens (including phenoxy) is 1. The van der Waals surface area contributed by atoms with Crippen LogP contribution in [0.15, 0.2) is 77.9 Å². The molecule has 2 aliphatic rings. The number of hydrogen-bond donors (Lipinski definition) is 0. The summed E-state index contributed by atoms with van der Waals surface area (Å²) in [5.74, 6) is 0.800. The van der Waals surface area contributed by atoms with E-state index in [1.807, 2.05) is 41.0 Å². The Bertz CT molecular complexity index is 1290. The molecule has 3 aromatic rings. The molecule has 2 aromatic carbocycles. The molecule has 1 aromatic heterocycles. The second-order valence-corrected chi connectivity index (χ2v) is 10.1. The lowest BCUT2D eigenvalue weighted by Crippen LogP contribution is -2.51. The summed E-state index contributed by atoms with van der Waals surface area (Å²) >= 11 is 0. The minimum absolute atomic E-state index is 0.00849. The molecule has 7 heteroatoms. The molecular weight excluding hydrogens is 478 g/mol. The van der Waals surface area contributed by atoms with Gasteiger partial charge in [0, 0.05) is 39.3 Å². The van der Waals surface area contributed by atoms with E-state index in [9.17, 15) is 9.59 Å². The number of carbonyl (C=O) groups excluding carboxylic acids is 2. The molecule has 0 unspecified atom stereocenters. The Morgan fingerprint density at radius 1 is 1.08 bits per heavy atom. The van der Waals surface area contributed by atoms with E-state index in [1.54, 1.807) is 12.1 Å². The highest BCUT2D eigenvalue weighted by Crippen LogP contribution is 2.38. The van der Waals surface area contributed by atoms with Crippen molar-refractivity contribution in [3.05, 3.63) is 102 Å². The van der Waals surface area contributed by atoms with Crippen LogP contribution in [0.1, 0.15) is 45.8 Å². The number of piperazine rings is 1. The third kappa shape index (κ3) is 5.38. The molecule has 0 bridgehead atoms. The Labute approximate surface area is 224 Å². The van der Waals surface area contributed by atoms with Gasteiger partial charge < -0.3 is 19.0 Å². The molecule has 198 valence electrons. The molecule has 2 atom stereocenters. The SMILES string of the molecule is C=CCN1CCN(C(=O)[C@H](C)Oc2ccc3c(c2)[C@@H](c2cccc(C)c2)N(C(=O)c2ccco2)CC3)CC1. The highest BCUT2D eigenvalue weighted by molar-refractivity contribution is 5.92. The summed E-state index contributed by atoms with van der Waals surface area (Å²) in [4.78, 5) is 32.7. The summed E-state index contributed by atoms with van der Waals surface area (Å²) in [5, 5.41) is 0. The largest absolute Gasteiger partial charge is 0.481 e. The molecule has 0 saturated carbocycles. The van der Waals surface area contributed by atoms with Crippen molar-refractivity contribution >= 4 is 11.8 Å². The molecular formula is C31H35N3O4. The smallest absolute Gasteiger partial charge is 0.290 e. The third-order valence-electron chi connectivity index (χ3n) is 7.43. The Balaban J connectivity index is 1.39. The zero-order valence-electron chi connectivity index (χ0n) is 22.1. The van der Waals surface area contributed by atoms with E-state index in [0.717, 1.165) is 42.7 Å². The number of hydrogen-bond acceptors (Lipinski definition) is 5. The maximum atomic E-state index is 13.5. The molecule has 0 radical (unpaired) electrons. The lowest BCUT2D eigenvalue weighted by molar-refractivity contribution is -0.139. The molecule has 0 aliphatic carbocycles. The first-order chi connectivity index (χ1) is 18.4. The van der Waals surface area contributed by atoms with Crippen LogP contribution in [0.5, 0.6) is 5.75 Å². The fourth-order valence-electron chi connectivity index (χ4n) is 5.47. The van der Waals surface area contributed by atoms with Crippen molar-refractivity contribution in [1.29, 1.82) is 0 Å². The molecule has 3 heterocycles. The van der Waals surface area contributed by atoms with Gasteiger partial charge in [0.25, 0.3) is 11.8 Å². The topological polar surface area (TPSA) is 66.2 Å². The van der Waals surface area contributed by atoms with Gasteiger partial charge in [-0.05, 0) is 61.2 Å². The van der Waals surface area contributed by atoms with Crippen LogP contribution in [-0.4, -0.2) is 71.9 Å². The fraction of sp³-hybridized carbons (Fsp3) is 0.355. The van der Waals surface area contributed by atoms with Crippen LogP contribution in [0.2, 0.25) is 0 Å². The van der Waals surface area contributed by atoms with E-state index in [-0.39, 0.29) is 17.9 Å². The summed E-state index contributed by atoms with van der Waals surface area (Å²) in [6.45, 7) is 12.1. The summed E-state index contributed by atoms with van der Waals surface area (Å²) < 4.78 is 11.7. The zero-order chi connectivity index (χ0) is 26.6. The van der Waals surface area contributed by atoms with E-state index in [1.165, 1.54) is 11.8 Å². The predicted octanol–water partition coefficient (Wildman–Crippen LogP) is 4.47. The molecule has 7 nitrogen and oxygen atoms in total. The quantitative estimate of drug-likeness (QED) is 0.436. The lowest BCUT2D eigenvalue weighted by Gasteiger charge is -2.38. The van der Waals surface area contributed by atoms with Crippen molar-refractivity contribution in [2.45, 2.75) is 32.4 Å². The molecule has 2 amide bonds. The van der Waals surface area contributed by atoms with Gasteiger partial charge in [0.15, 0.2) is 11.9 Å². The number of rotatable bonds is 7. The number of fused-ring (bicyclic) bond motifs is 1. The van der Waals surface area contributed by atoms with Gasteiger partial charge >= 0.3 is 0 Å². The normalized spacial score (nSPS) is 18.5. The van der Waals surface area contributed by atoms with E-state index in [4.69, 9.17) is 9.15 Å². The van der Waals surface area contributed by atoms with E-state index < -0.39 is 6.10 Å². The number of carbonyl (C=O) groups is 2. The molecule has 2 aliphatic heterocycles. The van der Waals surface area contributed by atoms with Gasteiger partial charge in [-0.25, -0.2) is 0 Å². The summed E-state index contributed by atoms with van der Waals surface area (Å²) in [6.07, 6.45) is 3.54. The molecule has 5 rings (SSSR count). The molecule has 1 saturated heterocycles. The number of furan rings is 1. The fourth-order valence-corrected chi connectivity index (χ4v) is 5.47. The van der Waals surface area contributed by atoms with Crippen LogP contribution >= 0.6 is 0 Å². The van der Waals surface area contributed by atoms with Crippen molar-refractivity contribution < 1.29 is 18.7 Å². The summed E-state index contributed by atoms with van der Waals surface area (Å²) in [6, 6.07) is 17.4. The Kier molecular flexibility index (Phi) is 7.65. The van der Waals surface area contributed by atoms with Gasteiger partial charge in [-0.1, -0.05) is 42.0 Å². The first-order valence-corrected chi connectivity index (χ1v) is 13.3. The first kappa shape index (κ1) is 25.8. The second kappa shape index (κ2) is 11.3. The van der Waals surface area contributed by atoms with Gasteiger partial charge in [-0.2, -0.15) is 0 Å². The Morgan fingerprint density at radius 3 is 2.61 bits per heavy atom. The Hall–Kier alpha value is -3.84. The number of benzene rings is 2. The summed E-state index contributed by atoms with van der Waals surface area (Å²) in [7, 11) is 0. The predicted molar refractivity (Wildman–Crippen MR) is 146 cm³/mol. The maximum Gasteiger partial charge on any atom is 0.290 e. The lowest BCUT2D eigenvalue weighted by atomic mass is 9.87. The van der Waals surface area contributed by atoms with Crippen LogP contribution in [0, 0.1) is 6.92 Å². The van der Waals surface area contributed by atoms with Crippen molar-refractivity contribution in [1.82, 2.24) is 14.7 Å². The maximum absolute atomic E-state index is 13.5. The molecule has 1 fully saturated rings. The van der Waals surface area contributed by atoms with Crippen LogP contribution in [0.4, 0.5) is 0 Å². The van der Waals surface area contributed by atoms with Crippen LogP contribution < -0.4 is 4.74 Å². The first-order valence-electron chi connectivity index (χ1n) is 13.3. The summed E-state index contributed by atoms with van der Waals surface area (Å²) in [5.41, 5.74) is 4.34. The minimum atomic E-state index is -0.610. The molecule has 0 N–H and O–H groups in total. The van der Waals surface area contributed by atoms with Crippen LogP contribution in [-0.2, 0) is 11.2 Å². The van der Waals surface area contributed by atoms with Crippen molar-refractivity contribution in [3.8, 4) is 5.75 Å². The average molecular weight is 514 g/mol. The van der Waals surface area contributed by atoms with Gasteiger partial charge in [-0.3, -0.25) is 14.5 Å². The average Bonchev–Trinajstić information content (AvgIpc) is 3.47. The van der Waals surface area contributed by atoms with E-state index >= 15 is 0 Å². The monoisotopic (exact) mass is 513 g/mol. The van der Waals surface area contributed by atoms with Gasteiger partial charge in [0.1, 0.15) is 5.75 Å².